The Hall–Kier alpha value is -0.870. The predicted octanol–water partition coefficient (Wildman–Crippen LogP) is 2.51. The molecule has 3 heterocycles. The first kappa shape index (κ1) is 23.4. The molecule has 2 fully saturated rings. The molecule has 2 aliphatic heterocycles. The number of halogens is 1. The minimum absolute atomic E-state index is 0. The lowest BCUT2D eigenvalue weighted by molar-refractivity contribution is 0.166. The van der Waals surface area contributed by atoms with Crippen molar-refractivity contribution in [2.75, 3.05) is 39.3 Å². The summed E-state index contributed by atoms with van der Waals surface area (Å²) in [6, 6.07) is 0.606. The van der Waals surface area contributed by atoms with Gasteiger partial charge in [0, 0.05) is 19.1 Å². The van der Waals surface area contributed by atoms with Crippen LogP contribution in [0.5, 0.6) is 0 Å². The van der Waals surface area contributed by atoms with Gasteiger partial charge in [0.25, 0.3) is 0 Å². The van der Waals surface area contributed by atoms with Crippen molar-refractivity contribution in [3.05, 3.63) is 17.3 Å². The summed E-state index contributed by atoms with van der Waals surface area (Å²) in [4.78, 5) is 14.0. The molecule has 0 aromatic carbocycles. The predicted molar refractivity (Wildman–Crippen MR) is 124 cm³/mol. The minimum Gasteiger partial charge on any atom is -0.444 e. The van der Waals surface area contributed by atoms with Crippen molar-refractivity contribution in [3.63, 3.8) is 0 Å². The van der Waals surface area contributed by atoms with Gasteiger partial charge in [-0.2, -0.15) is 0 Å². The van der Waals surface area contributed by atoms with Gasteiger partial charge in [-0.15, -0.1) is 24.0 Å². The molecule has 160 valence electrons. The number of oxazole rings is 1. The zero-order chi connectivity index (χ0) is 19.2. The number of hydrogen-bond acceptors (Lipinski definition) is 5. The molecule has 1 unspecified atom stereocenters. The van der Waals surface area contributed by atoms with E-state index in [4.69, 9.17) is 10.2 Å². The number of aliphatic imine (C=N–C) groups is 1. The Morgan fingerprint density at radius 3 is 2.64 bits per heavy atom. The van der Waals surface area contributed by atoms with E-state index in [0.29, 0.717) is 17.9 Å². The van der Waals surface area contributed by atoms with Crippen LogP contribution in [0.3, 0.4) is 0 Å². The van der Waals surface area contributed by atoms with Crippen molar-refractivity contribution in [3.8, 4) is 0 Å². The maximum Gasteiger partial charge on any atom is 0.208 e. The second-order valence-electron chi connectivity index (χ2n) is 8.00. The number of aryl methyl sites for hydroxylation is 2. The van der Waals surface area contributed by atoms with Crippen molar-refractivity contribution < 1.29 is 4.42 Å². The number of aromatic nitrogens is 1. The lowest BCUT2D eigenvalue weighted by Gasteiger charge is -2.30. The van der Waals surface area contributed by atoms with Crippen LogP contribution in [0.1, 0.15) is 50.0 Å². The average molecular weight is 504 g/mol. The molecule has 2 saturated heterocycles. The number of nitrogens with two attached hydrogens (primary N) is 1. The Bertz CT molecular complexity index is 607. The molecule has 0 saturated carbocycles. The van der Waals surface area contributed by atoms with Crippen LogP contribution >= 0.6 is 24.0 Å². The zero-order valence-electron chi connectivity index (χ0n) is 17.6. The van der Waals surface area contributed by atoms with Crippen molar-refractivity contribution in [2.45, 2.75) is 59.0 Å². The first-order chi connectivity index (χ1) is 13.0. The SMILES string of the molecule is CCN1CCCC1CNC(N)=NCC1CCN(Cc2nc(C)c(C)o2)CC1.I. The molecule has 0 radical (unpaired) electrons. The highest BCUT2D eigenvalue weighted by molar-refractivity contribution is 14.0. The minimum atomic E-state index is 0. The normalized spacial score (nSPS) is 22.4. The van der Waals surface area contributed by atoms with E-state index in [1.807, 2.05) is 13.8 Å². The summed E-state index contributed by atoms with van der Waals surface area (Å²) in [6.45, 7) is 13.2. The van der Waals surface area contributed by atoms with Gasteiger partial charge in [-0.3, -0.25) is 14.8 Å². The topological polar surface area (TPSA) is 82.9 Å². The van der Waals surface area contributed by atoms with Gasteiger partial charge in [0.2, 0.25) is 5.89 Å². The number of nitrogens with zero attached hydrogens (tertiary/aromatic N) is 4. The van der Waals surface area contributed by atoms with Crippen molar-refractivity contribution in [2.24, 2.45) is 16.6 Å². The second-order valence-corrected chi connectivity index (χ2v) is 8.00. The number of rotatable bonds is 7. The van der Waals surface area contributed by atoms with Gasteiger partial charge in [-0.1, -0.05) is 6.92 Å². The highest BCUT2D eigenvalue weighted by Gasteiger charge is 2.23. The number of piperidine rings is 1. The Balaban J connectivity index is 0.00000280. The Morgan fingerprint density at radius 2 is 2.00 bits per heavy atom. The number of likely N-dealkylation sites (N-methyl/N-ethyl adjacent to an activating group) is 1. The Labute approximate surface area is 186 Å². The molecule has 1 aromatic rings. The van der Waals surface area contributed by atoms with Crippen molar-refractivity contribution in [1.82, 2.24) is 20.1 Å². The van der Waals surface area contributed by atoms with Gasteiger partial charge in [-0.25, -0.2) is 4.98 Å². The first-order valence-electron chi connectivity index (χ1n) is 10.5. The molecule has 3 rings (SSSR count). The summed E-state index contributed by atoms with van der Waals surface area (Å²) < 4.78 is 5.70. The molecule has 1 aromatic heterocycles. The smallest absolute Gasteiger partial charge is 0.208 e. The fraction of sp³-hybridized carbons (Fsp3) is 0.800. The van der Waals surface area contributed by atoms with Crippen molar-refractivity contribution in [1.29, 1.82) is 0 Å². The number of guanidine groups is 1. The molecular formula is C20H37IN6O. The van der Waals surface area contributed by atoms with Crippen LogP contribution in [0, 0.1) is 19.8 Å². The maximum absolute atomic E-state index is 6.09. The van der Waals surface area contributed by atoms with E-state index < -0.39 is 0 Å². The first-order valence-corrected chi connectivity index (χ1v) is 10.5. The molecule has 3 N–H and O–H groups in total. The fourth-order valence-corrected chi connectivity index (χ4v) is 4.17. The fourth-order valence-electron chi connectivity index (χ4n) is 4.17. The third-order valence-electron chi connectivity index (χ3n) is 6.08. The molecule has 0 spiro atoms. The number of likely N-dealkylation sites (tertiary alicyclic amines) is 2. The summed E-state index contributed by atoms with van der Waals surface area (Å²) in [5.74, 6) is 2.99. The molecular weight excluding hydrogens is 467 g/mol. The summed E-state index contributed by atoms with van der Waals surface area (Å²) in [5.41, 5.74) is 7.09. The number of hydrogen-bond donors (Lipinski definition) is 2. The maximum atomic E-state index is 6.09. The van der Waals surface area contributed by atoms with Crippen LogP contribution < -0.4 is 11.1 Å². The lowest BCUT2D eigenvalue weighted by atomic mass is 9.97. The molecule has 1 atom stereocenters. The molecule has 0 bridgehead atoms. The van der Waals surface area contributed by atoms with E-state index in [9.17, 15) is 0 Å². The third-order valence-corrected chi connectivity index (χ3v) is 6.08. The highest BCUT2D eigenvalue weighted by atomic mass is 127. The Morgan fingerprint density at radius 1 is 1.25 bits per heavy atom. The van der Waals surface area contributed by atoms with Crippen LogP contribution in [0.25, 0.3) is 0 Å². The average Bonchev–Trinajstić information content (AvgIpc) is 3.25. The second kappa shape index (κ2) is 11.3. The molecule has 7 nitrogen and oxygen atoms in total. The summed E-state index contributed by atoms with van der Waals surface area (Å²) in [6.07, 6.45) is 4.86. The van der Waals surface area contributed by atoms with Gasteiger partial charge in [-0.05, 0) is 71.6 Å². The van der Waals surface area contributed by atoms with E-state index in [1.54, 1.807) is 0 Å². The summed E-state index contributed by atoms with van der Waals surface area (Å²) in [5, 5.41) is 3.33. The van der Waals surface area contributed by atoms with E-state index >= 15 is 0 Å². The van der Waals surface area contributed by atoms with Gasteiger partial charge in [0.15, 0.2) is 5.96 Å². The van der Waals surface area contributed by atoms with Crippen LogP contribution in [-0.4, -0.2) is 66.1 Å². The van der Waals surface area contributed by atoms with Crippen molar-refractivity contribution >= 4 is 29.9 Å². The van der Waals surface area contributed by atoms with E-state index in [1.165, 1.54) is 19.4 Å². The summed E-state index contributed by atoms with van der Waals surface area (Å²) >= 11 is 0. The molecule has 0 amide bonds. The quantitative estimate of drug-likeness (QED) is 0.338. The van der Waals surface area contributed by atoms with E-state index in [2.05, 4.69) is 32.0 Å². The molecule has 2 aliphatic rings. The van der Waals surface area contributed by atoms with Crippen LogP contribution in [0.4, 0.5) is 0 Å². The molecule has 0 aliphatic carbocycles. The van der Waals surface area contributed by atoms with Crippen LogP contribution in [0.15, 0.2) is 9.41 Å². The number of nitrogens with one attached hydrogen (secondary N) is 1. The lowest BCUT2D eigenvalue weighted by Crippen LogP contribution is -2.43. The standard InChI is InChI=1S/C20H36N6O.HI/c1-4-26-9-5-6-18(26)13-23-20(21)22-12-17-7-10-25(11-8-17)14-19-24-15(2)16(3)27-19;/h17-18H,4-14H2,1-3H3,(H3,21,22,23);1H. The van der Waals surface area contributed by atoms with Gasteiger partial charge in [0.05, 0.1) is 12.2 Å². The van der Waals surface area contributed by atoms with Crippen LogP contribution in [0.2, 0.25) is 0 Å². The summed E-state index contributed by atoms with van der Waals surface area (Å²) in [7, 11) is 0. The van der Waals surface area contributed by atoms with Crippen LogP contribution in [-0.2, 0) is 6.54 Å². The van der Waals surface area contributed by atoms with Gasteiger partial charge < -0.3 is 15.5 Å². The zero-order valence-corrected chi connectivity index (χ0v) is 19.9. The largest absolute Gasteiger partial charge is 0.444 e. The van der Waals surface area contributed by atoms with Gasteiger partial charge >= 0.3 is 0 Å². The molecule has 28 heavy (non-hydrogen) atoms. The monoisotopic (exact) mass is 504 g/mol. The Kier molecular flexibility index (Phi) is 9.49. The van der Waals surface area contributed by atoms with E-state index in [-0.39, 0.29) is 24.0 Å². The molecule has 8 heteroatoms. The van der Waals surface area contributed by atoms with E-state index in [0.717, 1.165) is 69.5 Å². The third kappa shape index (κ3) is 6.59. The van der Waals surface area contributed by atoms with Gasteiger partial charge in [0.1, 0.15) is 5.76 Å². The highest BCUT2D eigenvalue weighted by Crippen LogP contribution is 2.20.